The van der Waals surface area contributed by atoms with E-state index in [4.69, 9.17) is 4.74 Å². The van der Waals surface area contributed by atoms with Gasteiger partial charge >= 0.3 is 12.1 Å². The fourth-order valence-corrected chi connectivity index (χ4v) is 3.14. The van der Waals surface area contributed by atoms with Gasteiger partial charge in [0.05, 0.1) is 12.2 Å². The Balaban J connectivity index is 2.14. The third-order valence-corrected chi connectivity index (χ3v) is 4.37. The van der Waals surface area contributed by atoms with Crippen molar-refractivity contribution in [2.75, 3.05) is 19.7 Å². The third kappa shape index (κ3) is 5.88. The van der Waals surface area contributed by atoms with Crippen molar-refractivity contribution >= 4 is 5.97 Å². The predicted octanol–water partition coefficient (Wildman–Crippen LogP) is 4.22. The van der Waals surface area contributed by atoms with Crippen LogP contribution < -0.4 is 5.32 Å². The quantitative estimate of drug-likeness (QED) is 0.613. The lowest BCUT2D eigenvalue weighted by atomic mass is 9.85. The van der Waals surface area contributed by atoms with Crippen molar-refractivity contribution in [2.24, 2.45) is 0 Å². The van der Waals surface area contributed by atoms with Gasteiger partial charge in [-0.05, 0) is 74.9 Å². The molecule has 1 saturated heterocycles. The molecule has 1 aromatic carbocycles. The number of ether oxygens (including phenoxy) is 1. The molecule has 1 fully saturated rings. The fourth-order valence-electron chi connectivity index (χ4n) is 3.14. The molecule has 2 rings (SSSR count). The maximum atomic E-state index is 13.0. The Morgan fingerprint density at radius 1 is 1.32 bits per heavy atom. The molecule has 1 N–H and O–H groups in total. The maximum absolute atomic E-state index is 13.0. The predicted molar refractivity (Wildman–Crippen MR) is 90.4 cm³/mol. The van der Waals surface area contributed by atoms with Gasteiger partial charge in [0.2, 0.25) is 0 Å². The number of aryl methyl sites for hydroxylation is 1. The Morgan fingerprint density at radius 3 is 2.68 bits per heavy atom. The van der Waals surface area contributed by atoms with E-state index in [2.05, 4.69) is 5.32 Å². The summed E-state index contributed by atoms with van der Waals surface area (Å²) < 4.78 is 43.9. The molecule has 3 nitrogen and oxygen atoms in total. The molecule has 0 saturated carbocycles. The summed E-state index contributed by atoms with van der Waals surface area (Å²) >= 11 is 0. The minimum atomic E-state index is -4.35. The average Bonchev–Trinajstić information content (AvgIpc) is 2.59. The van der Waals surface area contributed by atoms with E-state index in [0.717, 1.165) is 37.1 Å². The van der Waals surface area contributed by atoms with Crippen LogP contribution in [0.2, 0.25) is 0 Å². The van der Waals surface area contributed by atoms with Gasteiger partial charge in [-0.1, -0.05) is 12.1 Å². The molecule has 0 atom stereocenters. The van der Waals surface area contributed by atoms with Crippen LogP contribution in [0.15, 0.2) is 30.4 Å². The Kier molecular flexibility index (Phi) is 7.05. The van der Waals surface area contributed by atoms with Crippen LogP contribution in [0.25, 0.3) is 0 Å². The molecule has 0 spiro atoms. The number of nitrogens with one attached hydrogen (secondary N) is 1. The molecular formula is C19H24F3NO2. The van der Waals surface area contributed by atoms with Crippen molar-refractivity contribution < 1.29 is 22.7 Å². The van der Waals surface area contributed by atoms with Crippen LogP contribution in [0.1, 0.15) is 48.8 Å². The first kappa shape index (κ1) is 19.5. The number of halogens is 3. The molecule has 0 aliphatic carbocycles. The summed E-state index contributed by atoms with van der Waals surface area (Å²) in [5.41, 5.74) is 1.10. The standard InChI is InChI=1S/C19H24F3NO2/c1-2-25-18(24)6-4-3-5-15-13-16(19(20,21)22)7-8-17(15)14-9-11-23-12-10-14/h4,6-8,13-14,23H,2-3,5,9-12H2,1H3/b6-4+. The van der Waals surface area contributed by atoms with Gasteiger partial charge in [0.15, 0.2) is 0 Å². The summed E-state index contributed by atoms with van der Waals surface area (Å²) in [7, 11) is 0. The highest BCUT2D eigenvalue weighted by Gasteiger charge is 2.31. The van der Waals surface area contributed by atoms with Crippen molar-refractivity contribution in [2.45, 2.75) is 44.7 Å². The lowest BCUT2D eigenvalue weighted by Crippen LogP contribution is -2.27. The number of hydrogen-bond acceptors (Lipinski definition) is 3. The van der Waals surface area contributed by atoms with Crippen molar-refractivity contribution in [3.8, 4) is 0 Å². The zero-order chi connectivity index (χ0) is 18.3. The minimum Gasteiger partial charge on any atom is -0.463 e. The van der Waals surface area contributed by atoms with E-state index in [1.807, 2.05) is 0 Å². The molecule has 0 radical (unpaired) electrons. The fraction of sp³-hybridized carbons (Fsp3) is 0.526. The lowest BCUT2D eigenvalue weighted by molar-refractivity contribution is -0.138. The van der Waals surface area contributed by atoms with Crippen LogP contribution in [0.3, 0.4) is 0 Å². The number of benzene rings is 1. The molecule has 25 heavy (non-hydrogen) atoms. The molecule has 0 aromatic heterocycles. The van der Waals surface area contributed by atoms with Crippen molar-refractivity contribution in [3.63, 3.8) is 0 Å². The van der Waals surface area contributed by atoms with Crippen LogP contribution in [0.5, 0.6) is 0 Å². The summed E-state index contributed by atoms with van der Waals surface area (Å²) in [4.78, 5) is 11.3. The Bertz CT molecular complexity index is 605. The molecule has 1 aromatic rings. The van der Waals surface area contributed by atoms with Gasteiger partial charge in [-0.3, -0.25) is 0 Å². The zero-order valence-electron chi connectivity index (χ0n) is 14.4. The molecule has 1 heterocycles. The van der Waals surface area contributed by atoms with Crippen LogP contribution in [-0.2, 0) is 22.1 Å². The minimum absolute atomic E-state index is 0.285. The first-order valence-corrected chi connectivity index (χ1v) is 8.66. The van der Waals surface area contributed by atoms with Crippen molar-refractivity contribution in [1.29, 1.82) is 0 Å². The van der Waals surface area contributed by atoms with Crippen molar-refractivity contribution in [3.05, 3.63) is 47.0 Å². The van der Waals surface area contributed by atoms with E-state index in [1.165, 1.54) is 18.2 Å². The number of carbonyl (C=O) groups is 1. The molecular weight excluding hydrogens is 331 g/mol. The lowest BCUT2D eigenvalue weighted by Gasteiger charge is -2.26. The molecule has 138 valence electrons. The van der Waals surface area contributed by atoms with Gasteiger partial charge in [-0.2, -0.15) is 13.2 Å². The number of rotatable bonds is 6. The maximum Gasteiger partial charge on any atom is 0.416 e. The highest BCUT2D eigenvalue weighted by atomic mass is 19.4. The largest absolute Gasteiger partial charge is 0.463 e. The van der Waals surface area contributed by atoms with Crippen LogP contribution in [-0.4, -0.2) is 25.7 Å². The van der Waals surface area contributed by atoms with Crippen LogP contribution >= 0.6 is 0 Å². The number of hydrogen-bond donors (Lipinski definition) is 1. The van der Waals surface area contributed by atoms with Gasteiger partial charge in [-0.25, -0.2) is 4.79 Å². The Morgan fingerprint density at radius 2 is 2.04 bits per heavy atom. The summed E-state index contributed by atoms with van der Waals surface area (Å²) in [6.07, 6.45) is 1.47. The van der Waals surface area contributed by atoms with E-state index in [1.54, 1.807) is 19.1 Å². The van der Waals surface area contributed by atoms with Crippen LogP contribution in [0, 0.1) is 0 Å². The molecule has 0 amide bonds. The zero-order valence-corrected chi connectivity index (χ0v) is 14.4. The second kappa shape index (κ2) is 9.04. The Hall–Kier alpha value is -1.82. The van der Waals surface area contributed by atoms with Crippen molar-refractivity contribution in [1.82, 2.24) is 5.32 Å². The monoisotopic (exact) mass is 355 g/mol. The second-order valence-electron chi connectivity index (χ2n) is 6.13. The smallest absolute Gasteiger partial charge is 0.416 e. The van der Waals surface area contributed by atoms with E-state index in [0.29, 0.717) is 19.4 Å². The van der Waals surface area contributed by atoms with Crippen LogP contribution in [0.4, 0.5) is 13.2 Å². The van der Waals surface area contributed by atoms with Gasteiger partial charge in [-0.15, -0.1) is 0 Å². The van der Waals surface area contributed by atoms with Gasteiger partial charge in [0.25, 0.3) is 0 Å². The van der Waals surface area contributed by atoms with E-state index in [9.17, 15) is 18.0 Å². The van der Waals surface area contributed by atoms with Gasteiger partial charge < -0.3 is 10.1 Å². The summed E-state index contributed by atoms with van der Waals surface area (Å²) in [6.45, 7) is 3.79. The molecule has 0 bridgehead atoms. The van der Waals surface area contributed by atoms with E-state index >= 15 is 0 Å². The number of esters is 1. The number of carbonyl (C=O) groups excluding carboxylic acids is 1. The summed E-state index contributed by atoms with van der Waals surface area (Å²) in [5.74, 6) is -0.141. The first-order valence-electron chi connectivity index (χ1n) is 8.66. The molecule has 1 aliphatic rings. The van der Waals surface area contributed by atoms with Gasteiger partial charge in [0, 0.05) is 6.08 Å². The summed E-state index contributed by atoms with van der Waals surface area (Å²) in [5, 5.41) is 3.27. The third-order valence-electron chi connectivity index (χ3n) is 4.37. The second-order valence-corrected chi connectivity index (χ2v) is 6.13. The SMILES string of the molecule is CCOC(=O)/C=C/CCc1cc(C(F)(F)F)ccc1C1CCNCC1. The normalized spacial score (nSPS) is 16.3. The average molecular weight is 355 g/mol. The first-order chi connectivity index (χ1) is 11.9. The molecule has 0 unspecified atom stereocenters. The highest BCUT2D eigenvalue weighted by molar-refractivity contribution is 5.81. The number of allylic oxidation sites excluding steroid dienone is 1. The summed E-state index contributed by atoms with van der Waals surface area (Å²) in [6, 6.07) is 4.06. The van der Waals surface area contributed by atoms with E-state index < -0.39 is 17.7 Å². The molecule has 6 heteroatoms. The number of alkyl halides is 3. The molecule has 1 aliphatic heterocycles. The Labute approximate surface area is 146 Å². The van der Waals surface area contributed by atoms with Gasteiger partial charge in [0.1, 0.15) is 0 Å². The number of piperidine rings is 1. The topological polar surface area (TPSA) is 38.3 Å². The highest BCUT2D eigenvalue weighted by Crippen LogP contribution is 2.35. The van der Waals surface area contributed by atoms with E-state index in [-0.39, 0.29) is 5.92 Å².